The number of primary amides is 1. The Bertz CT molecular complexity index is 1210. The van der Waals surface area contributed by atoms with Gasteiger partial charge in [-0.25, -0.2) is 4.79 Å². The quantitative estimate of drug-likeness (QED) is 0.123. The van der Waals surface area contributed by atoms with E-state index >= 15 is 0 Å². The van der Waals surface area contributed by atoms with Gasteiger partial charge in [-0.2, -0.15) is 11.8 Å². The van der Waals surface area contributed by atoms with Crippen molar-refractivity contribution < 1.29 is 39.3 Å². The first kappa shape index (κ1) is 32.9. The van der Waals surface area contributed by atoms with E-state index in [2.05, 4.69) is 16.0 Å². The maximum absolute atomic E-state index is 13.4. The minimum absolute atomic E-state index is 0.00690. The number of hydrogen-bond acceptors (Lipinski definition) is 9. The predicted molar refractivity (Wildman–Crippen MR) is 152 cm³/mol. The summed E-state index contributed by atoms with van der Waals surface area (Å²) in [4.78, 5) is 62.1. The minimum Gasteiger partial charge on any atom is -0.508 e. The molecule has 13 nitrogen and oxygen atoms in total. The molecule has 0 saturated heterocycles. The van der Waals surface area contributed by atoms with Crippen molar-refractivity contribution in [3.05, 3.63) is 59.7 Å². The van der Waals surface area contributed by atoms with Crippen molar-refractivity contribution in [2.45, 2.75) is 49.9 Å². The first-order chi connectivity index (χ1) is 19.4. The van der Waals surface area contributed by atoms with Gasteiger partial charge in [-0.1, -0.05) is 24.3 Å². The third-order valence-electron chi connectivity index (χ3n) is 6.00. The zero-order chi connectivity index (χ0) is 30.5. The number of phenols is 2. The number of nitrogens with two attached hydrogens (primary N) is 2. The van der Waals surface area contributed by atoms with Crippen LogP contribution in [0.3, 0.4) is 0 Å². The van der Waals surface area contributed by atoms with Crippen molar-refractivity contribution in [1.82, 2.24) is 16.0 Å². The number of carbonyl (C=O) groups is 5. The van der Waals surface area contributed by atoms with Crippen molar-refractivity contribution in [2.24, 2.45) is 11.5 Å². The second kappa shape index (κ2) is 16.1. The Morgan fingerprint density at radius 3 is 1.71 bits per heavy atom. The normalized spacial score (nSPS) is 13.7. The monoisotopic (exact) mass is 589 g/mol. The Hall–Kier alpha value is -4.30. The fourth-order valence-corrected chi connectivity index (χ4v) is 4.26. The SMILES string of the molecule is CSCCC(NC(=O)C(Cc1ccc(O)cc1)NC(=O)C(N)Cc1ccc(O)cc1)C(=O)NC(CC(N)=O)C(=O)O. The molecule has 41 heavy (non-hydrogen) atoms. The van der Waals surface area contributed by atoms with Crippen LogP contribution in [0.2, 0.25) is 0 Å². The molecule has 0 bridgehead atoms. The maximum Gasteiger partial charge on any atom is 0.326 e. The van der Waals surface area contributed by atoms with Gasteiger partial charge in [0, 0.05) is 6.42 Å². The first-order valence-electron chi connectivity index (χ1n) is 12.6. The highest BCUT2D eigenvalue weighted by atomic mass is 32.2. The molecule has 10 N–H and O–H groups in total. The highest BCUT2D eigenvalue weighted by Crippen LogP contribution is 2.14. The van der Waals surface area contributed by atoms with Crippen molar-refractivity contribution in [3.8, 4) is 11.5 Å². The Balaban J connectivity index is 2.23. The fourth-order valence-electron chi connectivity index (χ4n) is 3.78. The number of thioether (sulfide) groups is 1. The molecule has 0 aromatic heterocycles. The van der Waals surface area contributed by atoms with Gasteiger partial charge >= 0.3 is 5.97 Å². The Kier molecular flexibility index (Phi) is 12.9. The molecule has 0 aliphatic carbocycles. The van der Waals surface area contributed by atoms with Crippen LogP contribution in [0.25, 0.3) is 0 Å². The van der Waals surface area contributed by atoms with Crippen LogP contribution < -0.4 is 27.4 Å². The van der Waals surface area contributed by atoms with E-state index in [1.807, 2.05) is 0 Å². The Morgan fingerprint density at radius 1 is 0.756 bits per heavy atom. The van der Waals surface area contributed by atoms with E-state index < -0.39 is 60.2 Å². The van der Waals surface area contributed by atoms with E-state index in [1.54, 1.807) is 30.5 Å². The average Bonchev–Trinajstić information content (AvgIpc) is 2.92. The van der Waals surface area contributed by atoms with Crippen molar-refractivity contribution >= 4 is 41.4 Å². The molecule has 0 saturated carbocycles. The maximum atomic E-state index is 13.4. The zero-order valence-corrected chi connectivity index (χ0v) is 23.2. The van der Waals surface area contributed by atoms with Gasteiger partial charge < -0.3 is 42.7 Å². The molecule has 0 radical (unpaired) electrons. The topological polar surface area (TPSA) is 234 Å². The van der Waals surface area contributed by atoms with Crippen LogP contribution in [0.5, 0.6) is 11.5 Å². The highest BCUT2D eigenvalue weighted by molar-refractivity contribution is 7.98. The lowest BCUT2D eigenvalue weighted by Crippen LogP contribution is -2.58. The van der Waals surface area contributed by atoms with Gasteiger partial charge in [-0.05, 0) is 60.2 Å². The second-order valence-corrected chi connectivity index (χ2v) is 10.3. The van der Waals surface area contributed by atoms with Crippen LogP contribution >= 0.6 is 11.8 Å². The Morgan fingerprint density at radius 2 is 1.22 bits per heavy atom. The summed E-state index contributed by atoms with van der Waals surface area (Å²) in [6, 6.07) is 7.10. The summed E-state index contributed by atoms with van der Waals surface area (Å²) in [5.41, 5.74) is 12.4. The lowest BCUT2D eigenvalue weighted by atomic mass is 10.0. The summed E-state index contributed by atoms with van der Waals surface area (Å²) in [7, 11) is 0. The highest BCUT2D eigenvalue weighted by Gasteiger charge is 2.31. The Labute approximate surface area is 241 Å². The van der Waals surface area contributed by atoms with Crippen LogP contribution in [-0.4, -0.2) is 81.1 Å². The van der Waals surface area contributed by atoms with E-state index in [0.717, 1.165) is 0 Å². The van der Waals surface area contributed by atoms with E-state index in [1.165, 1.54) is 36.0 Å². The molecular weight excluding hydrogens is 554 g/mol. The van der Waals surface area contributed by atoms with Crippen LogP contribution in [0.1, 0.15) is 24.0 Å². The van der Waals surface area contributed by atoms with Crippen molar-refractivity contribution in [1.29, 1.82) is 0 Å². The molecule has 2 rings (SSSR count). The molecule has 0 aliphatic heterocycles. The average molecular weight is 590 g/mol. The van der Waals surface area contributed by atoms with E-state index in [0.29, 0.717) is 16.9 Å². The number of carbonyl (C=O) groups excluding carboxylic acids is 4. The fraction of sp³-hybridized carbons (Fsp3) is 0.370. The lowest BCUT2D eigenvalue weighted by molar-refractivity contribution is -0.143. The number of aromatic hydroxyl groups is 2. The molecule has 2 aromatic rings. The van der Waals surface area contributed by atoms with E-state index in [-0.39, 0.29) is 30.8 Å². The van der Waals surface area contributed by atoms with Crippen LogP contribution in [0.15, 0.2) is 48.5 Å². The molecule has 4 atom stereocenters. The van der Waals surface area contributed by atoms with Gasteiger partial charge in [-0.3, -0.25) is 19.2 Å². The summed E-state index contributed by atoms with van der Waals surface area (Å²) in [6.07, 6.45) is 1.38. The molecule has 4 unspecified atom stereocenters. The van der Waals surface area contributed by atoms with Crippen molar-refractivity contribution in [3.63, 3.8) is 0 Å². The number of nitrogens with one attached hydrogen (secondary N) is 3. The smallest absolute Gasteiger partial charge is 0.326 e. The molecule has 0 aliphatic rings. The summed E-state index contributed by atoms with van der Waals surface area (Å²) >= 11 is 1.39. The number of rotatable bonds is 16. The lowest BCUT2D eigenvalue weighted by Gasteiger charge is -2.25. The van der Waals surface area contributed by atoms with Crippen molar-refractivity contribution in [2.75, 3.05) is 12.0 Å². The number of aliphatic carboxylic acids is 1. The van der Waals surface area contributed by atoms with Gasteiger partial charge in [0.25, 0.3) is 0 Å². The molecule has 4 amide bonds. The standard InChI is InChI=1S/C27H35N5O8S/c1-41-11-10-20(25(37)32-22(27(39)40)14-23(29)35)30-26(38)21(13-16-4-8-18(34)9-5-16)31-24(36)19(28)12-15-2-6-17(33)7-3-15/h2-9,19-22,33-34H,10-14,28H2,1H3,(H2,29,35)(H,30,38)(H,31,36)(H,32,37)(H,39,40). The number of amides is 4. The molecule has 14 heteroatoms. The van der Waals surface area contributed by atoms with Gasteiger partial charge in [0.05, 0.1) is 12.5 Å². The van der Waals surface area contributed by atoms with Gasteiger partial charge in [0.2, 0.25) is 23.6 Å². The minimum atomic E-state index is -1.58. The molecule has 2 aromatic carbocycles. The molecule has 0 spiro atoms. The number of phenolic OH excluding ortho intramolecular Hbond substituents is 2. The predicted octanol–water partition coefficient (Wildman–Crippen LogP) is -0.622. The third kappa shape index (κ3) is 11.4. The number of carboxylic acid groups (broad SMARTS) is 1. The summed E-state index contributed by atoms with van der Waals surface area (Å²) in [5, 5.41) is 35.8. The summed E-state index contributed by atoms with van der Waals surface area (Å²) < 4.78 is 0. The van der Waals surface area contributed by atoms with Crippen LogP contribution in [0.4, 0.5) is 0 Å². The largest absolute Gasteiger partial charge is 0.508 e. The van der Waals surface area contributed by atoms with Gasteiger partial charge in [-0.15, -0.1) is 0 Å². The molecule has 0 fully saturated rings. The van der Waals surface area contributed by atoms with Gasteiger partial charge in [0.15, 0.2) is 0 Å². The van der Waals surface area contributed by atoms with E-state index in [4.69, 9.17) is 11.5 Å². The molecular formula is C27H35N5O8S. The second-order valence-electron chi connectivity index (χ2n) is 9.32. The first-order valence-corrected chi connectivity index (χ1v) is 14.0. The number of carboxylic acids is 1. The van der Waals surface area contributed by atoms with Gasteiger partial charge in [0.1, 0.15) is 29.6 Å². The third-order valence-corrected chi connectivity index (χ3v) is 6.65. The van der Waals surface area contributed by atoms with Crippen LogP contribution in [-0.2, 0) is 36.8 Å². The summed E-state index contributed by atoms with van der Waals surface area (Å²) in [5.74, 6) is -4.11. The molecule has 222 valence electrons. The van der Waals surface area contributed by atoms with Crippen LogP contribution in [0, 0.1) is 0 Å². The number of hydrogen-bond donors (Lipinski definition) is 8. The zero-order valence-electron chi connectivity index (χ0n) is 22.4. The number of benzene rings is 2. The molecule has 0 heterocycles. The van der Waals surface area contributed by atoms with E-state index in [9.17, 15) is 39.3 Å². The summed E-state index contributed by atoms with van der Waals surface area (Å²) in [6.45, 7) is 0.